The van der Waals surface area contributed by atoms with E-state index in [0.717, 1.165) is 26.0 Å². The van der Waals surface area contributed by atoms with Gasteiger partial charge in [0.1, 0.15) is 12.4 Å². The number of nitrogens with zero attached hydrogens (tertiary/aromatic N) is 1. The van der Waals surface area contributed by atoms with Crippen LogP contribution in [0.3, 0.4) is 0 Å². The highest BCUT2D eigenvalue weighted by atomic mass is 16.5. The van der Waals surface area contributed by atoms with Crippen molar-refractivity contribution in [3.8, 4) is 0 Å². The zero-order valence-corrected chi connectivity index (χ0v) is 9.84. The quantitative estimate of drug-likeness (QED) is 0.628. The monoisotopic (exact) mass is 205 g/mol. The largest absolute Gasteiger partial charge is 0.494 e. The Morgan fingerprint density at radius 2 is 2.07 bits per heavy atom. The third-order valence-corrected chi connectivity index (χ3v) is 3.02. The van der Waals surface area contributed by atoms with Crippen molar-refractivity contribution in [3.63, 3.8) is 0 Å². The minimum atomic E-state index is 0.843. The van der Waals surface area contributed by atoms with Gasteiger partial charge < -0.3 is 9.30 Å². The molecule has 2 aliphatic rings. The predicted octanol–water partition coefficient (Wildman–Crippen LogP) is 1.62. The van der Waals surface area contributed by atoms with Gasteiger partial charge in [-0.15, -0.1) is 0 Å². The molecule has 3 rings (SSSR count). The highest BCUT2D eigenvalue weighted by Crippen LogP contribution is 2.16. The molecule has 0 N–H and O–H groups in total. The summed E-state index contributed by atoms with van der Waals surface area (Å²) in [5, 5.41) is 2.75. The van der Waals surface area contributed by atoms with Crippen molar-refractivity contribution in [2.24, 2.45) is 0 Å². The fraction of sp³-hybridized carbons (Fsp3) is 0.538. The first-order valence-electron chi connectivity index (χ1n) is 5.87. The van der Waals surface area contributed by atoms with Gasteiger partial charge in [-0.25, -0.2) is 0 Å². The van der Waals surface area contributed by atoms with Crippen molar-refractivity contribution >= 4 is 11.3 Å². The maximum absolute atomic E-state index is 5.67. The zero-order valence-electron chi connectivity index (χ0n) is 9.84. The molecule has 82 valence electrons. The van der Waals surface area contributed by atoms with Gasteiger partial charge in [0, 0.05) is 17.8 Å². The van der Waals surface area contributed by atoms with E-state index in [4.69, 9.17) is 4.74 Å². The molecule has 0 unspecified atom stereocenters. The lowest BCUT2D eigenvalue weighted by Gasteiger charge is -2.20. The van der Waals surface area contributed by atoms with E-state index in [1.54, 1.807) is 0 Å². The van der Waals surface area contributed by atoms with Gasteiger partial charge in [-0.3, -0.25) is 0 Å². The molecule has 1 aromatic heterocycles. The molecule has 15 heavy (non-hydrogen) atoms. The van der Waals surface area contributed by atoms with Crippen LogP contribution in [0.1, 0.15) is 33.6 Å². The highest BCUT2D eigenvalue weighted by molar-refractivity contribution is 5.52. The Kier molecular flexibility index (Phi) is 2.85. The van der Waals surface area contributed by atoms with Crippen LogP contribution in [0.15, 0.2) is 12.3 Å². The maximum Gasteiger partial charge on any atom is 0.121 e. The van der Waals surface area contributed by atoms with Crippen LogP contribution in [0.4, 0.5) is 0 Å². The smallest absolute Gasteiger partial charge is 0.121 e. The van der Waals surface area contributed by atoms with E-state index in [0.29, 0.717) is 0 Å². The number of hydrogen-bond donors (Lipinski definition) is 0. The summed E-state index contributed by atoms with van der Waals surface area (Å²) in [4.78, 5) is 0. The second-order valence-electron chi connectivity index (χ2n) is 3.82. The third-order valence-electron chi connectivity index (χ3n) is 3.02. The second-order valence-corrected chi connectivity index (χ2v) is 3.82. The molecule has 0 amide bonds. The topological polar surface area (TPSA) is 14.2 Å². The van der Waals surface area contributed by atoms with E-state index in [2.05, 4.69) is 23.8 Å². The molecule has 2 heterocycles. The first kappa shape index (κ1) is 10.3. The lowest BCUT2D eigenvalue weighted by molar-refractivity contribution is 0.225. The normalized spacial score (nSPS) is 17.5. The van der Waals surface area contributed by atoms with Crippen molar-refractivity contribution in [1.29, 1.82) is 0 Å². The fourth-order valence-electron chi connectivity index (χ4n) is 2.28. The molecule has 1 aliphatic heterocycles. The molecule has 0 radical (unpaired) electrons. The first-order valence-corrected chi connectivity index (χ1v) is 5.87. The molecule has 1 aliphatic carbocycles. The molecule has 0 saturated carbocycles. The molecule has 0 fully saturated rings. The van der Waals surface area contributed by atoms with Crippen LogP contribution in [0, 0.1) is 0 Å². The summed E-state index contributed by atoms with van der Waals surface area (Å²) in [6.07, 6.45) is 4.43. The molecule has 0 atom stereocenters. The van der Waals surface area contributed by atoms with E-state index in [1.807, 2.05) is 13.8 Å². The van der Waals surface area contributed by atoms with Crippen LogP contribution in [-0.2, 0) is 11.3 Å². The van der Waals surface area contributed by atoms with Crippen molar-refractivity contribution in [3.05, 3.63) is 22.8 Å². The fourth-order valence-corrected chi connectivity index (χ4v) is 2.28. The van der Waals surface area contributed by atoms with E-state index in [1.165, 1.54) is 21.9 Å². The molecule has 0 aromatic carbocycles. The average Bonchev–Trinajstić information content (AvgIpc) is 2.73. The number of ether oxygens (including phenoxy) is 1. The van der Waals surface area contributed by atoms with Crippen molar-refractivity contribution in [1.82, 2.24) is 4.57 Å². The SMILES string of the molecule is CC.CC1=c2ccn3c2=C(CC1)OCC3. The predicted molar refractivity (Wildman–Crippen MR) is 62.7 cm³/mol. The lowest BCUT2D eigenvalue weighted by Crippen LogP contribution is -2.39. The zero-order chi connectivity index (χ0) is 10.8. The summed E-state index contributed by atoms with van der Waals surface area (Å²) in [6.45, 7) is 8.07. The molecule has 0 spiro atoms. The summed E-state index contributed by atoms with van der Waals surface area (Å²) in [6, 6.07) is 2.22. The number of aromatic nitrogens is 1. The minimum absolute atomic E-state index is 0.843. The highest BCUT2D eigenvalue weighted by Gasteiger charge is 2.16. The third kappa shape index (κ3) is 1.58. The van der Waals surface area contributed by atoms with E-state index >= 15 is 0 Å². The summed E-state index contributed by atoms with van der Waals surface area (Å²) < 4.78 is 7.99. The number of rotatable bonds is 0. The van der Waals surface area contributed by atoms with Gasteiger partial charge in [0.25, 0.3) is 0 Å². The van der Waals surface area contributed by atoms with E-state index in [-0.39, 0.29) is 0 Å². The van der Waals surface area contributed by atoms with Crippen molar-refractivity contribution in [2.45, 2.75) is 40.2 Å². The average molecular weight is 205 g/mol. The Bertz CT molecular complexity index is 467. The van der Waals surface area contributed by atoms with Crippen LogP contribution in [0.2, 0.25) is 0 Å². The maximum atomic E-state index is 5.67. The molecule has 0 bridgehead atoms. The summed E-state index contributed by atoms with van der Waals surface area (Å²) in [5.74, 6) is 1.21. The van der Waals surface area contributed by atoms with Crippen LogP contribution in [-0.4, -0.2) is 11.2 Å². The van der Waals surface area contributed by atoms with Crippen LogP contribution >= 0.6 is 0 Å². The molecular formula is C13H19NO. The Morgan fingerprint density at radius 3 is 2.87 bits per heavy atom. The van der Waals surface area contributed by atoms with Crippen LogP contribution in [0.5, 0.6) is 0 Å². The summed E-state index contributed by atoms with van der Waals surface area (Å²) >= 11 is 0. The van der Waals surface area contributed by atoms with Crippen molar-refractivity contribution < 1.29 is 4.74 Å². The summed E-state index contributed by atoms with van der Waals surface area (Å²) in [5.41, 5.74) is 1.50. The van der Waals surface area contributed by atoms with Gasteiger partial charge >= 0.3 is 0 Å². The molecule has 2 heteroatoms. The standard InChI is InChI=1S/C11H13NO.C2H6/c1-8-2-3-10-11-9(8)4-5-12(11)6-7-13-10;1-2/h4-5H,2-3,6-7H2,1H3;1-2H3. The van der Waals surface area contributed by atoms with Gasteiger partial charge in [-0.2, -0.15) is 0 Å². The first-order chi connectivity index (χ1) is 7.36. The Hall–Kier alpha value is -1.18. The van der Waals surface area contributed by atoms with Gasteiger partial charge in [-0.1, -0.05) is 19.4 Å². The van der Waals surface area contributed by atoms with Gasteiger partial charge in [-0.05, 0) is 19.4 Å². The molecule has 1 aromatic rings. The molecule has 0 saturated heterocycles. The van der Waals surface area contributed by atoms with Gasteiger partial charge in [0.2, 0.25) is 0 Å². The van der Waals surface area contributed by atoms with Crippen molar-refractivity contribution in [2.75, 3.05) is 6.61 Å². The lowest BCUT2D eigenvalue weighted by atomic mass is 10.0. The molecule has 2 nitrogen and oxygen atoms in total. The Labute approximate surface area is 90.9 Å². The van der Waals surface area contributed by atoms with Crippen LogP contribution in [0.25, 0.3) is 11.3 Å². The van der Waals surface area contributed by atoms with Gasteiger partial charge in [0.15, 0.2) is 0 Å². The van der Waals surface area contributed by atoms with E-state index < -0.39 is 0 Å². The Morgan fingerprint density at radius 1 is 1.27 bits per heavy atom. The molecular weight excluding hydrogens is 186 g/mol. The Balaban J connectivity index is 0.000000404. The summed E-state index contributed by atoms with van der Waals surface area (Å²) in [7, 11) is 0. The van der Waals surface area contributed by atoms with E-state index in [9.17, 15) is 0 Å². The minimum Gasteiger partial charge on any atom is -0.494 e. The number of hydrogen-bond acceptors (Lipinski definition) is 1. The van der Waals surface area contributed by atoms with Gasteiger partial charge in [0.05, 0.1) is 11.9 Å². The second kappa shape index (κ2) is 4.13. The van der Waals surface area contributed by atoms with Crippen LogP contribution < -0.4 is 10.6 Å².